The SMILES string of the molecule is NC(=S)C1=C(N)CCC1. The lowest BCUT2D eigenvalue weighted by Crippen LogP contribution is -2.13. The summed E-state index contributed by atoms with van der Waals surface area (Å²) in [5.74, 6) is 0. The number of nitrogens with two attached hydrogens (primary N) is 2. The third-order valence-corrected chi connectivity index (χ3v) is 1.80. The average molecular weight is 142 g/mol. The van der Waals surface area contributed by atoms with E-state index in [-0.39, 0.29) is 0 Å². The molecule has 1 aliphatic rings. The van der Waals surface area contributed by atoms with Gasteiger partial charge in [0.1, 0.15) is 4.99 Å². The van der Waals surface area contributed by atoms with Gasteiger partial charge in [0.15, 0.2) is 0 Å². The zero-order valence-electron chi connectivity index (χ0n) is 5.18. The third-order valence-electron chi connectivity index (χ3n) is 1.56. The predicted octanol–water partition coefficient (Wildman–Crippen LogP) is 0.669. The van der Waals surface area contributed by atoms with Crippen molar-refractivity contribution >= 4 is 17.2 Å². The molecule has 0 radical (unpaired) electrons. The van der Waals surface area contributed by atoms with Crippen LogP contribution in [0.1, 0.15) is 19.3 Å². The molecule has 4 N–H and O–H groups in total. The van der Waals surface area contributed by atoms with Crippen LogP contribution in [0.2, 0.25) is 0 Å². The molecule has 0 amide bonds. The van der Waals surface area contributed by atoms with E-state index in [9.17, 15) is 0 Å². The van der Waals surface area contributed by atoms with Crippen LogP contribution in [0.15, 0.2) is 11.3 Å². The summed E-state index contributed by atoms with van der Waals surface area (Å²) < 4.78 is 0. The lowest BCUT2D eigenvalue weighted by Gasteiger charge is -1.97. The number of allylic oxidation sites excluding steroid dienone is 1. The van der Waals surface area contributed by atoms with Gasteiger partial charge in [-0.25, -0.2) is 0 Å². The molecular weight excluding hydrogens is 132 g/mol. The molecule has 0 saturated heterocycles. The maximum atomic E-state index is 5.59. The average Bonchev–Trinajstić information content (AvgIpc) is 2.13. The molecule has 0 heterocycles. The van der Waals surface area contributed by atoms with E-state index in [1.54, 1.807) is 0 Å². The Morgan fingerprint density at radius 3 is 2.33 bits per heavy atom. The van der Waals surface area contributed by atoms with E-state index in [1.807, 2.05) is 0 Å². The molecule has 0 unspecified atom stereocenters. The Morgan fingerprint density at radius 2 is 2.11 bits per heavy atom. The van der Waals surface area contributed by atoms with Crippen molar-refractivity contribution in [2.24, 2.45) is 11.5 Å². The van der Waals surface area contributed by atoms with E-state index < -0.39 is 0 Å². The van der Waals surface area contributed by atoms with E-state index in [4.69, 9.17) is 23.7 Å². The fourth-order valence-electron chi connectivity index (χ4n) is 1.05. The summed E-state index contributed by atoms with van der Waals surface area (Å²) >= 11 is 4.77. The second-order valence-corrected chi connectivity index (χ2v) is 2.66. The molecule has 0 aromatic carbocycles. The van der Waals surface area contributed by atoms with Crippen molar-refractivity contribution in [3.63, 3.8) is 0 Å². The highest BCUT2D eigenvalue weighted by Gasteiger charge is 2.12. The van der Waals surface area contributed by atoms with Gasteiger partial charge >= 0.3 is 0 Å². The number of rotatable bonds is 1. The maximum absolute atomic E-state index is 5.59. The topological polar surface area (TPSA) is 52.0 Å². The van der Waals surface area contributed by atoms with E-state index in [1.165, 1.54) is 0 Å². The second kappa shape index (κ2) is 2.35. The highest BCUT2D eigenvalue weighted by molar-refractivity contribution is 7.80. The standard InChI is InChI=1S/C6H10N2S/c7-5-3-1-2-4(5)6(8)9/h1-3,7H2,(H2,8,9). The molecule has 2 nitrogen and oxygen atoms in total. The Bertz CT molecular complexity index is 172. The molecular formula is C6H10N2S. The monoisotopic (exact) mass is 142 g/mol. The summed E-state index contributed by atoms with van der Waals surface area (Å²) in [4.78, 5) is 0.477. The number of hydrogen-bond donors (Lipinski definition) is 2. The summed E-state index contributed by atoms with van der Waals surface area (Å²) in [5, 5.41) is 0. The molecule has 9 heavy (non-hydrogen) atoms. The van der Waals surface area contributed by atoms with Gasteiger partial charge in [-0.3, -0.25) is 0 Å². The second-order valence-electron chi connectivity index (χ2n) is 2.22. The first-order valence-corrected chi connectivity index (χ1v) is 3.40. The van der Waals surface area contributed by atoms with Crippen molar-refractivity contribution in [2.45, 2.75) is 19.3 Å². The maximum Gasteiger partial charge on any atom is 0.101 e. The van der Waals surface area contributed by atoms with Crippen LogP contribution in [-0.2, 0) is 0 Å². The molecule has 3 heteroatoms. The summed E-state index contributed by atoms with van der Waals surface area (Å²) in [5.41, 5.74) is 12.9. The molecule has 50 valence electrons. The molecule has 0 aromatic rings. The fourth-order valence-corrected chi connectivity index (χ4v) is 1.28. The number of hydrogen-bond acceptors (Lipinski definition) is 2. The Balaban J connectivity index is 2.78. The largest absolute Gasteiger partial charge is 0.402 e. The van der Waals surface area contributed by atoms with E-state index in [0.717, 1.165) is 30.5 Å². The van der Waals surface area contributed by atoms with Gasteiger partial charge in [0.25, 0.3) is 0 Å². The summed E-state index contributed by atoms with van der Waals surface area (Å²) in [6.07, 6.45) is 3.05. The quantitative estimate of drug-likeness (QED) is 0.529. The lowest BCUT2D eigenvalue weighted by atomic mass is 10.2. The van der Waals surface area contributed by atoms with Gasteiger partial charge in [0, 0.05) is 11.3 Å². The first-order valence-electron chi connectivity index (χ1n) is 2.99. The number of thiocarbonyl (C=S) groups is 1. The summed E-state index contributed by atoms with van der Waals surface area (Å²) in [7, 11) is 0. The molecule has 0 saturated carbocycles. The normalized spacial score (nSPS) is 18.7. The van der Waals surface area contributed by atoms with Crippen LogP contribution in [0.3, 0.4) is 0 Å². The van der Waals surface area contributed by atoms with Gasteiger partial charge in [-0.05, 0) is 19.3 Å². The smallest absolute Gasteiger partial charge is 0.101 e. The molecule has 1 rings (SSSR count). The molecule has 0 atom stereocenters. The molecule has 0 aliphatic heterocycles. The van der Waals surface area contributed by atoms with Crippen LogP contribution in [0.4, 0.5) is 0 Å². The van der Waals surface area contributed by atoms with E-state index in [0.29, 0.717) is 4.99 Å². The van der Waals surface area contributed by atoms with Crippen molar-refractivity contribution in [3.05, 3.63) is 11.3 Å². The van der Waals surface area contributed by atoms with Crippen LogP contribution in [0.5, 0.6) is 0 Å². The Hall–Kier alpha value is -0.570. The van der Waals surface area contributed by atoms with Gasteiger partial charge in [-0.15, -0.1) is 0 Å². The predicted molar refractivity (Wildman–Crippen MR) is 41.8 cm³/mol. The van der Waals surface area contributed by atoms with Gasteiger partial charge in [-0.2, -0.15) is 0 Å². The molecule has 0 spiro atoms. The minimum Gasteiger partial charge on any atom is -0.402 e. The summed E-state index contributed by atoms with van der Waals surface area (Å²) in [6.45, 7) is 0. The van der Waals surface area contributed by atoms with Crippen molar-refractivity contribution in [1.82, 2.24) is 0 Å². The van der Waals surface area contributed by atoms with E-state index >= 15 is 0 Å². The molecule has 0 fully saturated rings. The Morgan fingerprint density at radius 1 is 1.44 bits per heavy atom. The van der Waals surface area contributed by atoms with Crippen LogP contribution in [0.25, 0.3) is 0 Å². The van der Waals surface area contributed by atoms with Gasteiger partial charge in [0.05, 0.1) is 0 Å². The third kappa shape index (κ3) is 1.21. The highest BCUT2D eigenvalue weighted by Crippen LogP contribution is 2.21. The first-order chi connectivity index (χ1) is 4.22. The Labute approximate surface area is 59.9 Å². The van der Waals surface area contributed by atoms with Gasteiger partial charge in [-0.1, -0.05) is 12.2 Å². The van der Waals surface area contributed by atoms with Crippen LogP contribution >= 0.6 is 12.2 Å². The van der Waals surface area contributed by atoms with E-state index in [2.05, 4.69) is 0 Å². The van der Waals surface area contributed by atoms with Crippen LogP contribution in [-0.4, -0.2) is 4.99 Å². The zero-order valence-corrected chi connectivity index (χ0v) is 6.00. The van der Waals surface area contributed by atoms with Crippen molar-refractivity contribution in [1.29, 1.82) is 0 Å². The minimum absolute atomic E-state index is 0.477. The summed E-state index contributed by atoms with van der Waals surface area (Å²) in [6, 6.07) is 0. The molecule has 0 aromatic heterocycles. The van der Waals surface area contributed by atoms with Gasteiger partial charge < -0.3 is 11.5 Å². The molecule has 0 bridgehead atoms. The highest BCUT2D eigenvalue weighted by atomic mass is 32.1. The van der Waals surface area contributed by atoms with Crippen molar-refractivity contribution in [2.75, 3.05) is 0 Å². The van der Waals surface area contributed by atoms with Crippen LogP contribution in [0, 0.1) is 0 Å². The van der Waals surface area contributed by atoms with Crippen molar-refractivity contribution in [3.8, 4) is 0 Å². The fraction of sp³-hybridized carbons (Fsp3) is 0.500. The van der Waals surface area contributed by atoms with Crippen molar-refractivity contribution < 1.29 is 0 Å². The van der Waals surface area contributed by atoms with Gasteiger partial charge in [0.2, 0.25) is 0 Å². The molecule has 1 aliphatic carbocycles. The first kappa shape index (κ1) is 6.55. The Kier molecular flexibility index (Phi) is 1.71. The minimum atomic E-state index is 0.477. The zero-order chi connectivity index (χ0) is 6.85. The van der Waals surface area contributed by atoms with Crippen LogP contribution < -0.4 is 11.5 Å². The lowest BCUT2D eigenvalue weighted by molar-refractivity contribution is 0.896.